The number of aromatic nitrogens is 1. The monoisotopic (exact) mass is 185 g/mol. The van der Waals surface area contributed by atoms with Crippen LogP contribution in [0.3, 0.4) is 0 Å². The zero-order chi connectivity index (χ0) is 9.19. The largest absolute Gasteiger partial charge is 0.361 e. The molecular weight excluding hydrogens is 170 g/mol. The minimum atomic E-state index is 0.0817. The van der Waals surface area contributed by atoms with Crippen LogP contribution in [-0.2, 0) is 11.8 Å². The minimum absolute atomic E-state index is 0.0817. The number of hydrogen-bond acceptors (Lipinski definition) is 3. The number of rotatable bonds is 2. The minimum Gasteiger partial charge on any atom is -0.361 e. The van der Waals surface area contributed by atoms with Crippen molar-refractivity contribution in [1.82, 2.24) is 5.16 Å². The maximum absolute atomic E-state index is 5.13. The molecule has 1 rings (SSSR count). The first-order chi connectivity index (χ1) is 5.54. The molecule has 0 aliphatic heterocycles. The van der Waals surface area contributed by atoms with Crippen LogP contribution in [0.4, 0.5) is 0 Å². The standard InChI is InChI=1S/C9H15NOS/c1-9(2,3)8-6-7(4-5-12)11-10-8/h6,12H,4-5H2,1-3H3. The van der Waals surface area contributed by atoms with Crippen molar-refractivity contribution in [1.29, 1.82) is 0 Å². The van der Waals surface area contributed by atoms with Crippen LogP contribution >= 0.6 is 12.6 Å². The Balaban J connectivity index is 2.77. The van der Waals surface area contributed by atoms with Crippen molar-refractivity contribution in [2.45, 2.75) is 32.6 Å². The fourth-order valence-electron chi connectivity index (χ4n) is 0.894. The Morgan fingerprint density at radius 3 is 2.58 bits per heavy atom. The number of thiol groups is 1. The van der Waals surface area contributed by atoms with Gasteiger partial charge in [0.05, 0.1) is 5.69 Å². The smallest absolute Gasteiger partial charge is 0.137 e. The van der Waals surface area contributed by atoms with Gasteiger partial charge in [-0.05, 0) is 5.75 Å². The van der Waals surface area contributed by atoms with Gasteiger partial charge in [-0.15, -0.1) is 0 Å². The predicted octanol–water partition coefficient (Wildman–Crippen LogP) is 2.44. The van der Waals surface area contributed by atoms with Gasteiger partial charge in [-0.1, -0.05) is 25.9 Å². The van der Waals surface area contributed by atoms with E-state index in [0.717, 1.165) is 23.6 Å². The molecule has 2 nitrogen and oxygen atoms in total. The molecule has 0 N–H and O–H groups in total. The summed E-state index contributed by atoms with van der Waals surface area (Å²) >= 11 is 4.13. The van der Waals surface area contributed by atoms with Crippen molar-refractivity contribution in [3.63, 3.8) is 0 Å². The van der Waals surface area contributed by atoms with E-state index < -0.39 is 0 Å². The Hall–Kier alpha value is -0.440. The van der Waals surface area contributed by atoms with Crippen molar-refractivity contribution in [2.75, 3.05) is 5.75 Å². The average molecular weight is 185 g/mol. The zero-order valence-corrected chi connectivity index (χ0v) is 8.69. The molecule has 0 aliphatic rings. The van der Waals surface area contributed by atoms with Crippen molar-refractivity contribution in [3.05, 3.63) is 17.5 Å². The fraction of sp³-hybridized carbons (Fsp3) is 0.667. The van der Waals surface area contributed by atoms with Gasteiger partial charge < -0.3 is 4.52 Å². The number of nitrogens with zero attached hydrogens (tertiary/aromatic N) is 1. The van der Waals surface area contributed by atoms with Crippen LogP contribution in [0.15, 0.2) is 10.6 Å². The van der Waals surface area contributed by atoms with Crippen molar-refractivity contribution in [3.8, 4) is 0 Å². The Morgan fingerprint density at radius 2 is 2.17 bits per heavy atom. The van der Waals surface area contributed by atoms with Crippen LogP contribution in [0, 0.1) is 0 Å². The second-order valence-electron chi connectivity index (χ2n) is 3.90. The lowest BCUT2D eigenvalue weighted by Crippen LogP contribution is -2.10. The van der Waals surface area contributed by atoms with E-state index in [0.29, 0.717) is 0 Å². The average Bonchev–Trinajstić information content (AvgIpc) is 2.35. The molecule has 0 saturated heterocycles. The molecule has 0 amide bonds. The van der Waals surface area contributed by atoms with Crippen LogP contribution < -0.4 is 0 Å². The van der Waals surface area contributed by atoms with Crippen molar-refractivity contribution in [2.24, 2.45) is 0 Å². The van der Waals surface area contributed by atoms with Crippen molar-refractivity contribution >= 4 is 12.6 Å². The van der Waals surface area contributed by atoms with Gasteiger partial charge in [0, 0.05) is 17.9 Å². The van der Waals surface area contributed by atoms with Gasteiger partial charge in [-0.2, -0.15) is 12.6 Å². The molecule has 0 unspecified atom stereocenters. The second-order valence-corrected chi connectivity index (χ2v) is 4.35. The lowest BCUT2D eigenvalue weighted by atomic mass is 9.92. The van der Waals surface area contributed by atoms with Gasteiger partial charge in [-0.25, -0.2) is 0 Å². The Bertz CT molecular complexity index is 249. The SMILES string of the molecule is CC(C)(C)c1cc(CCS)on1. The Kier molecular flexibility index (Phi) is 2.83. The molecule has 1 aromatic heterocycles. The van der Waals surface area contributed by atoms with Gasteiger partial charge in [-0.3, -0.25) is 0 Å². The molecule has 1 aromatic rings. The van der Waals surface area contributed by atoms with Gasteiger partial charge >= 0.3 is 0 Å². The van der Waals surface area contributed by atoms with E-state index in [2.05, 4.69) is 38.6 Å². The summed E-state index contributed by atoms with van der Waals surface area (Å²) in [6.45, 7) is 6.36. The maximum Gasteiger partial charge on any atom is 0.137 e. The third kappa shape index (κ3) is 2.27. The molecule has 0 bridgehead atoms. The van der Waals surface area contributed by atoms with E-state index in [1.54, 1.807) is 0 Å². The van der Waals surface area contributed by atoms with Crippen LogP contribution in [0.5, 0.6) is 0 Å². The molecule has 0 aromatic carbocycles. The first kappa shape index (κ1) is 9.65. The molecule has 0 radical (unpaired) electrons. The van der Waals surface area contributed by atoms with E-state index >= 15 is 0 Å². The van der Waals surface area contributed by atoms with Gasteiger partial charge in [0.15, 0.2) is 0 Å². The first-order valence-electron chi connectivity index (χ1n) is 4.11. The summed E-state index contributed by atoms with van der Waals surface area (Å²) in [4.78, 5) is 0. The highest BCUT2D eigenvalue weighted by atomic mass is 32.1. The second kappa shape index (κ2) is 3.52. The van der Waals surface area contributed by atoms with E-state index in [1.807, 2.05) is 6.07 Å². The summed E-state index contributed by atoms with van der Waals surface area (Å²) in [5, 5.41) is 4.00. The quantitative estimate of drug-likeness (QED) is 0.716. The molecule has 0 spiro atoms. The zero-order valence-electron chi connectivity index (χ0n) is 7.79. The Labute approximate surface area is 78.7 Å². The molecule has 3 heteroatoms. The molecular formula is C9H15NOS. The van der Waals surface area contributed by atoms with E-state index in [-0.39, 0.29) is 5.41 Å². The maximum atomic E-state index is 5.13. The molecule has 12 heavy (non-hydrogen) atoms. The highest BCUT2D eigenvalue weighted by Gasteiger charge is 2.18. The van der Waals surface area contributed by atoms with Crippen LogP contribution in [-0.4, -0.2) is 10.9 Å². The molecule has 0 fully saturated rings. The van der Waals surface area contributed by atoms with E-state index in [1.165, 1.54) is 0 Å². The van der Waals surface area contributed by atoms with Crippen molar-refractivity contribution < 1.29 is 4.52 Å². The van der Waals surface area contributed by atoms with E-state index in [9.17, 15) is 0 Å². The lowest BCUT2D eigenvalue weighted by Gasteiger charge is -2.12. The highest BCUT2D eigenvalue weighted by molar-refractivity contribution is 7.80. The molecule has 0 saturated carbocycles. The summed E-state index contributed by atoms with van der Waals surface area (Å²) in [6.07, 6.45) is 0.853. The summed E-state index contributed by atoms with van der Waals surface area (Å²) < 4.78 is 5.13. The van der Waals surface area contributed by atoms with Crippen LogP contribution in [0.25, 0.3) is 0 Å². The fourth-order valence-corrected chi connectivity index (χ4v) is 1.11. The summed E-state index contributed by atoms with van der Waals surface area (Å²) in [5.41, 5.74) is 1.09. The third-order valence-electron chi connectivity index (χ3n) is 1.69. The number of aryl methyl sites for hydroxylation is 1. The van der Waals surface area contributed by atoms with E-state index in [4.69, 9.17) is 4.52 Å². The summed E-state index contributed by atoms with van der Waals surface area (Å²) in [5.74, 6) is 1.73. The van der Waals surface area contributed by atoms with Crippen LogP contribution in [0.1, 0.15) is 32.2 Å². The highest BCUT2D eigenvalue weighted by Crippen LogP contribution is 2.21. The topological polar surface area (TPSA) is 26.0 Å². The molecule has 68 valence electrons. The first-order valence-corrected chi connectivity index (χ1v) is 4.74. The van der Waals surface area contributed by atoms with Crippen LogP contribution in [0.2, 0.25) is 0 Å². The van der Waals surface area contributed by atoms with Gasteiger partial charge in [0.1, 0.15) is 5.76 Å². The Morgan fingerprint density at radius 1 is 1.50 bits per heavy atom. The normalized spacial score (nSPS) is 12.0. The third-order valence-corrected chi connectivity index (χ3v) is 1.91. The molecule has 0 atom stereocenters. The predicted molar refractivity (Wildman–Crippen MR) is 52.8 cm³/mol. The lowest BCUT2D eigenvalue weighted by molar-refractivity contribution is 0.368. The van der Waals surface area contributed by atoms with Gasteiger partial charge in [0.25, 0.3) is 0 Å². The molecule has 0 aliphatic carbocycles. The molecule has 1 heterocycles. The summed E-state index contributed by atoms with van der Waals surface area (Å²) in [7, 11) is 0. The number of hydrogen-bond donors (Lipinski definition) is 1. The summed E-state index contributed by atoms with van der Waals surface area (Å²) in [6, 6.07) is 2.01. The van der Waals surface area contributed by atoms with Gasteiger partial charge in [0.2, 0.25) is 0 Å².